The molecule has 4 amide bonds. The van der Waals surface area contributed by atoms with Crippen molar-refractivity contribution in [2.45, 2.75) is 122 Å². The molecule has 2 aliphatic heterocycles. The maximum absolute atomic E-state index is 13.0. The summed E-state index contributed by atoms with van der Waals surface area (Å²) in [6.45, 7) is 13.9. The molecule has 4 aliphatic rings. The quantitative estimate of drug-likeness (QED) is 0.342. The molecule has 2 heterocycles. The van der Waals surface area contributed by atoms with Gasteiger partial charge < -0.3 is 20.4 Å². The highest BCUT2D eigenvalue weighted by Gasteiger charge is 2.32. The first-order chi connectivity index (χ1) is 20.6. The smallest absolute Gasteiger partial charge is 0.248 e. The number of amides is 4. The Hall–Kier alpha value is -2.64. The predicted molar refractivity (Wildman–Crippen MR) is 170 cm³/mol. The fraction of sp³-hybridized carbons (Fsp3) is 0.771. The largest absolute Gasteiger partial charge is 0.353 e. The van der Waals surface area contributed by atoms with E-state index in [0.29, 0.717) is 48.9 Å². The van der Waals surface area contributed by atoms with Crippen LogP contribution in [-0.2, 0) is 19.2 Å². The highest BCUT2D eigenvalue weighted by atomic mass is 16.2. The van der Waals surface area contributed by atoms with E-state index in [1.54, 1.807) is 13.8 Å². The number of nitrogens with zero attached hydrogens (tertiary/aromatic N) is 2. The second kappa shape index (κ2) is 15.9. The molecule has 6 unspecified atom stereocenters. The van der Waals surface area contributed by atoms with Crippen molar-refractivity contribution >= 4 is 23.6 Å². The van der Waals surface area contributed by atoms with E-state index < -0.39 is 0 Å². The molecule has 8 heteroatoms. The molecule has 6 atom stereocenters. The zero-order valence-corrected chi connectivity index (χ0v) is 26.8. The third kappa shape index (κ3) is 10.2. The Bertz CT molecular complexity index is 961. The predicted octanol–water partition coefficient (Wildman–Crippen LogP) is 5.14. The topological polar surface area (TPSA) is 98.8 Å². The standard InChI is InChI=1S/C35H56N4O4/c1-24(2)34(42)38-15-7-11-28(22-38)20-32(40)36-30-13-5-9-26(18-30)17-27-10-6-14-31(19-27)37-33(41)21-29-12-8-16-39(23-29)35(43)25(3)4/h26-31H,1,3,5-23H2,2,4H3,(H,36,40)(H,37,41). The minimum absolute atomic E-state index is 0.0114. The average Bonchev–Trinajstić information content (AvgIpc) is 2.96. The Morgan fingerprint density at radius 1 is 0.605 bits per heavy atom. The Morgan fingerprint density at radius 2 is 1.00 bits per heavy atom. The van der Waals surface area contributed by atoms with E-state index in [9.17, 15) is 19.2 Å². The summed E-state index contributed by atoms with van der Waals surface area (Å²) in [6.07, 6.45) is 15.0. The molecular formula is C35H56N4O4. The zero-order valence-electron chi connectivity index (χ0n) is 26.8. The van der Waals surface area contributed by atoms with Gasteiger partial charge in [0, 0.05) is 62.3 Å². The third-order valence-electron chi connectivity index (χ3n) is 10.3. The van der Waals surface area contributed by atoms with Gasteiger partial charge in [-0.25, -0.2) is 0 Å². The van der Waals surface area contributed by atoms with Crippen LogP contribution < -0.4 is 10.6 Å². The summed E-state index contributed by atoms with van der Waals surface area (Å²) in [5, 5.41) is 6.69. The molecule has 0 bridgehead atoms. The van der Waals surface area contributed by atoms with Crippen molar-refractivity contribution in [3.8, 4) is 0 Å². The molecule has 2 N–H and O–H groups in total. The van der Waals surface area contributed by atoms with Crippen LogP contribution in [0.1, 0.15) is 110 Å². The van der Waals surface area contributed by atoms with Crippen LogP contribution >= 0.6 is 0 Å². The summed E-state index contributed by atoms with van der Waals surface area (Å²) in [6, 6.07) is 0.489. The minimum Gasteiger partial charge on any atom is -0.353 e. The number of carbonyl (C=O) groups is 4. The maximum Gasteiger partial charge on any atom is 0.248 e. The van der Waals surface area contributed by atoms with Crippen molar-refractivity contribution < 1.29 is 19.2 Å². The number of hydrogen-bond donors (Lipinski definition) is 2. The van der Waals surface area contributed by atoms with E-state index in [-0.39, 0.29) is 47.5 Å². The first-order valence-corrected chi connectivity index (χ1v) is 17.1. The number of piperidine rings is 2. The summed E-state index contributed by atoms with van der Waals surface area (Å²) in [7, 11) is 0. The number of hydrogen-bond acceptors (Lipinski definition) is 4. The Morgan fingerprint density at radius 3 is 1.40 bits per heavy atom. The Kier molecular flexibility index (Phi) is 12.3. The van der Waals surface area contributed by atoms with Crippen LogP contribution in [0.3, 0.4) is 0 Å². The molecule has 240 valence electrons. The zero-order chi connectivity index (χ0) is 30.9. The highest BCUT2D eigenvalue weighted by molar-refractivity contribution is 5.92. The van der Waals surface area contributed by atoms with Crippen LogP contribution in [0.4, 0.5) is 0 Å². The molecule has 4 fully saturated rings. The van der Waals surface area contributed by atoms with Crippen LogP contribution in [0.25, 0.3) is 0 Å². The number of nitrogens with one attached hydrogen (secondary N) is 2. The monoisotopic (exact) mass is 596 g/mol. The van der Waals surface area contributed by atoms with Gasteiger partial charge in [-0.2, -0.15) is 0 Å². The van der Waals surface area contributed by atoms with E-state index in [0.717, 1.165) is 77.3 Å². The van der Waals surface area contributed by atoms with Crippen LogP contribution in [0, 0.1) is 23.7 Å². The second-order valence-corrected chi connectivity index (χ2v) is 14.3. The lowest BCUT2D eigenvalue weighted by Crippen LogP contribution is -2.44. The molecule has 0 aromatic carbocycles. The first kappa shape index (κ1) is 33.3. The van der Waals surface area contributed by atoms with Gasteiger partial charge in [-0.1, -0.05) is 38.8 Å². The van der Waals surface area contributed by atoms with Crippen molar-refractivity contribution in [1.29, 1.82) is 0 Å². The first-order valence-electron chi connectivity index (χ1n) is 17.1. The SMILES string of the molecule is C=C(C)C(=O)N1CCCC(CC(=O)NC2CCCC(CC3CCCC(NC(=O)CC4CCCN(C(=O)C(=C)C)C4)C3)C2)C1. The fourth-order valence-electron chi connectivity index (χ4n) is 8.21. The average molecular weight is 597 g/mol. The molecule has 0 aromatic rings. The van der Waals surface area contributed by atoms with Gasteiger partial charge in [-0.15, -0.1) is 0 Å². The number of likely N-dealkylation sites (tertiary alicyclic amines) is 2. The van der Waals surface area contributed by atoms with E-state index in [1.807, 2.05) is 9.80 Å². The third-order valence-corrected chi connectivity index (χ3v) is 10.3. The molecular weight excluding hydrogens is 540 g/mol. The van der Waals surface area contributed by atoms with Crippen LogP contribution in [-0.4, -0.2) is 71.7 Å². The molecule has 2 aliphatic carbocycles. The highest BCUT2D eigenvalue weighted by Crippen LogP contribution is 2.36. The van der Waals surface area contributed by atoms with Crippen molar-refractivity contribution in [3.05, 3.63) is 24.3 Å². The molecule has 0 aromatic heterocycles. The summed E-state index contributed by atoms with van der Waals surface area (Å²) in [5.41, 5.74) is 1.13. The molecule has 4 rings (SSSR count). The van der Waals surface area contributed by atoms with Crippen molar-refractivity contribution in [2.24, 2.45) is 23.7 Å². The Labute approximate surface area is 259 Å². The minimum atomic E-state index is 0.0114. The van der Waals surface area contributed by atoms with Gasteiger partial charge in [0.15, 0.2) is 0 Å². The van der Waals surface area contributed by atoms with Gasteiger partial charge in [0.05, 0.1) is 0 Å². The van der Waals surface area contributed by atoms with E-state index in [2.05, 4.69) is 23.8 Å². The summed E-state index contributed by atoms with van der Waals surface area (Å²) < 4.78 is 0. The number of carbonyl (C=O) groups excluding carboxylic acids is 4. The van der Waals surface area contributed by atoms with E-state index in [1.165, 1.54) is 19.3 Å². The summed E-state index contributed by atoms with van der Waals surface area (Å²) in [4.78, 5) is 54.3. The lowest BCUT2D eigenvalue weighted by Gasteiger charge is -2.36. The lowest BCUT2D eigenvalue weighted by atomic mass is 9.75. The number of rotatable bonds is 10. The van der Waals surface area contributed by atoms with Gasteiger partial charge in [0.25, 0.3) is 0 Å². The summed E-state index contributed by atoms with van der Waals surface area (Å²) in [5.74, 6) is 1.97. The van der Waals surface area contributed by atoms with Gasteiger partial charge >= 0.3 is 0 Å². The van der Waals surface area contributed by atoms with Gasteiger partial charge in [-0.3, -0.25) is 19.2 Å². The van der Waals surface area contributed by atoms with E-state index >= 15 is 0 Å². The lowest BCUT2D eigenvalue weighted by molar-refractivity contribution is -0.130. The van der Waals surface area contributed by atoms with Crippen molar-refractivity contribution in [3.63, 3.8) is 0 Å². The summed E-state index contributed by atoms with van der Waals surface area (Å²) >= 11 is 0. The van der Waals surface area contributed by atoms with Crippen LogP contribution in [0.15, 0.2) is 24.3 Å². The van der Waals surface area contributed by atoms with Crippen molar-refractivity contribution in [1.82, 2.24) is 20.4 Å². The molecule has 2 saturated carbocycles. The second-order valence-electron chi connectivity index (χ2n) is 14.3. The Balaban J connectivity index is 1.17. The van der Waals surface area contributed by atoms with Gasteiger partial charge in [-0.05, 0) is 95.3 Å². The van der Waals surface area contributed by atoms with Gasteiger partial charge in [0.2, 0.25) is 23.6 Å². The molecule has 0 spiro atoms. The molecule has 2 saturated heterocycles. The molecule has 43 heavy (non-hydrogen) atoms. The van der Waals surface area contributed by atoms with Crippen molar-refractivity contribution in [2.75, 3.05) is 26.2 Å². The normalized spacial score (nSPS) is 29.8. The fourth-order valence-corrected chi connectivity index (χ4v) is 8.21. The maximum atomic E-state index is 13.0. The van der Waals surface area contributed by atoms with Gasteiger partial charge in [0.1, 0.15) is 0 Å². The van der Waals surface area contributed by atoms with Crippen LogP contribution in [0.2, 0.25) is 0 Å². The molecule has 8 nitrogen and oxygen atoms in total. The van der Waals surface area contributed by atoms with E-state index in [4.69, 9.17) is 0 Å². The van der Waals surface area contributed by atoms with Crippen LogP contribution in [0.5, 0.6) is 0 Å². The molecule has 0 radical (unpaired) electrons.